The van der Waals surface area contributed by atoms with Crippen molar-refractivity contribution in [2.75, 3.05) is 5.32 Å². The number of carbonyl (C=O) groups excluding carboxylic acids is 2. The van der Waals surface area contributed by atoms with Crippen molar-refractivity contribution in [3.63, 3.8) is 0 Å². The van der Waals surface area contributed by atoms with Crippen molar-refractivity contribution in [2.24, 2.45) is 0 Å². The Kier molecular flexibility index (Phi) is 4.80. The topological polar surface area (TPSA) is 55.4 Å². The van der Waals surface area contributed by atoms with Gasteiger partial charge in [-0.3, -0.25) is 4.79 Å². The van der Waals surface area contributed by atoms with Crippen LogP contribution in [0.15, 0.2) is 66.7 Å². The van der Waals surface area contributed by atoms with E-state index in [4.69, 9.17) is 4.74 Å². The van der Waals surface area contributed by atoms with Gasteiger partial charge in [-0.15, -0.1) is 0 Å². The number of ether oxygens (including phenoxy) is 1. The summed E-state index contributed by atoms with van der Waals surface area (Å²) in [5.74, 6) is -0.868. The SMILES string of the molecule is Cc1ccccc1NC(=O)C(C)OC(=O)c1cccc2ccccc12. The minimum absolute atomic E-state index is 0.358. The van der Waals surface area contributed by atoms with Crippen LogP contribution in [0.2, 0.25) is 0 Å². The number of rotatable bonds is 4. The summed E-state index contributed by atoms with van der Waals surface area (Å²) in [6.07, 6.45) is -0.897. The molecule has 126 valence electrons. The van der Waals surface area contributed by atoms with E-state index < -0.39 is 12.1 Å². The summed E-state index contributed by atoms with van der Waals surface area (Å²) < 4.78 is 5.37. The first kappa shape index (κ1) is 16.7. The molecule has 0 radical (unpaired) electrons. The van der Waals surface area contributed by atoms with E-state index in [-0.39, 0.29) is 5.91 Å². The van der Waals surface area contributed by atoms with Crippen LogP contribution in [0.1, 0.15) is 22.8 Å². The smallest absolute Gasteiger partial charge is 0.339 e. The highest BCUT2D eigenvalue weighted by Crippen LogP contribution is 2.20. The Balaban J connectivity index is 1.74. The predicted octanol–water partition coefficient (Wildman–Crippen LogP) is 4.33. The first-order chi connectivity index (χ1) is 12.1. The number of nitrogens with one attached hydrogen (secondary N) is 1. The molecule has 4 heteroatoms. The van der Waals surface area contributed by atoms with E-state index in [0.29, 0.717) is 11.3 Å². The zero-order valence-electron chi connectivity index (χ0n) is 14.2. The van der Waals surface area contributed by atoms with Crippen LogP contribution >= 0.6 is 0 Å². The van der Waals surface area contributed by atoms with E-state index in [1.807, 2.05) is 61.5 Å². The Morgan fingerprint density at radius 3 is 2.40 bits per heavy atom. The van der Waals surface area contributed by atoms with Crippen LogP contribution in [-0.4, -0.2) is 18.0 Å². The van der Waals surface area contributed by atoms with Crippen molar-refractivity contribution in [3.05, 3.63) is 77.9 Å². The molecule has 0 saturated carbocycles. The zero-order valence-corrected chi connectivity index (χ0v) is 14.2. The van der Waals surface area contributed by atoms with Crippen molar-refractivity contribution in [1.82, 2.24) is 0 Å². The van der Waals surface area contributed by atoms with Gasteiger partial charge in [0, 0.05) is 5.69 Å². The Morgan fingerprint density at radius 2 is 1.60 bits per heavy atom. The highest BCUT2D eigenvalue weighted by Gasteiger charge is 2.20. The van der Waals surface area contributed by atoms with E-state index in [1.165, 1.54) is 0 Å². The minimum atomic E-state index is -0.897. The molecule has 0 spiro atoms. The van der Waals surface area contributed by atoms with Gasteiger partial charge in [-0.05, 0) is 42.3 Å². The van der Waals surface area contributed by atoms with Gasteiger partial charge in [-0.1, -0.05) is 54.6 Å². The lowest BCUT2D eigenvalue weighted by atomic mass is 10.0. The lowest BCUT2D eigenvalue weighted by Crippen LogP contribution is -2.30. The second-order valence-electron chi connectivity index (χ2n) is 5.88. The standard InChI is InChI=1S/C21H19NO3/c1-14-8-3-6-13-19(14)22-20(23)15(2)25-21(24)18-12-7-10-16-9-4-5-11-17(16)18/h3-13,15H,1-2H3,(H,22,23). The average Bonchev–Trinajstić information content (AvgIpc) is 2.63. The molecule has 1 amide bonds. The first-order valence-electron chi connectivity index (χ1n) is 8.11. The molecular formula is C21H19NO3. The third-order valence-corrected chi connectivity index (χ3v) is 4.07. The van der Waals surface area contributed by atoms with Crippen LogP contribution in [0.3, 0.4) is 0 Å². The summed E-state index contributed by atoms with van der Waals surface area (Å²) in [7, 11) is 0. The quantitative estimate of drug-likeness (QED) is 0.723. The number of hydrogen-bond acceptors (Lipinski definition) is 3. The van der Waals surface area contributed by atoms with Crippen molar-refractivity contribution < 1.29 is 14.3 Å². The number of fused-ring (bicyclic) bond motifs is 1. The van der Waals surface area contributed by atoms with Gasteiger partial charge in [0.25, 0.3) is 5.91 Å². The van der Waals surface area contributed by atoms with Crippen LogP contribution in [0.5, 0.6) is 0 Å². The maximum atomic E-state index is 12.5. The van der Waals surface area contributed by atoms with Gasteiger partial charge >= 0.3 is 5.97 Å². The largest absolute Gasteiger partial charge is 0.449 e. The molecule has 1 N–H and O–H groups in total. The summed E-state index contributed by atoms with van der Waals surface area (Å²) in [4.78, 5) is 24.8. The van der Waals surface area contributed by atoms with Crippen LogP contribution in [-0.2, 0) is 9.53 Å². The fraction of sp³-hybridized carbons (Fsp3) is 0.143. The van der Waals surface area contributed by atoms with Crippen LogP contribution < -0.4 is 5.32 Å². The monoisotopic (exact) mass is 333 g/mol. The summed E-state index contributed by atoms with van der Waals surface area (Å²) >= 11 is 0. The summed E-state index contributed by atoms with van der Waals surface area (Å²) in [5.41, 5.74) is 2.11. The van der Waals surface area contributed by atoms with Gasteiger partial charge in [-0.25, -0.2) is 4.79 Å². The van der Waals surface area contributed by atoms with Gasteiger partial charge in [0.15, 0.2) is 6.10 Å². The molecule has 4 nitrogen and oxygen atoms in total. The van der Waals surface area contributed by atoms with Gasteiger partial charge in [0.1, 0.15) is 0 Å². The fourth-order valence-corrected chi connectivity index (χ4v) is 2.63. The average molecular weight is 333 g/mol. The van der Waals surface area contributed by atoms with Crippen LogP contribution in [0, 0.1) is 6.92 Å². The maximum Gasteiger partial charge on any atom is 0.339 e. The van der Waals surface area contributed by atoms with Gasteiger partial charge in [0.05, 0.1) is 5.56 Å². The normalized spacial score (nSPS) is 11.8. The van der Waals surface area contributed by atoms with Crippen molar-refractivity contribution >= 4 is 28.3 Å². The molecule has 1 atom stereocenters. The second kappa shape index (κ2) is 7.18. The van der Waals surface area contributed by atoms with Gasteiger partial charge in [0.2, 0.25) is 0 Å². The summed E-state index contributed by atoms with van der Waals surface area (Å²) in [5, 5.41) is 4.55. The lowest BCUT2D eigenvalue weighted by molar-refractivity contribution is -0.123. The third kappa shape index (κ3) is 3.69. The number of esters is 1. The Bertz CT molecular complexity index is 928. The van der Waals surface area contributed by atoms with E-state index in [2.05, 4.69) is 5.32 Å². The number of amides is 1. The molecule has 0 aliphatic heterocycles. The van der Waals surface area contributed by atoms with Gasteiger partial charge in [-0.2, -0.15) is 0 Å². The van der Waals surface area contributed by atoms with Crippen molar-refractivity contribution in [3.8, 4) is 0 Å². The van der Waals surface area contributed by atoms with E-state index in [9.17, 15) is 9.59 Å². The van der Waals surface area contributed by atoms with Crippen molar-refractivity contribution in [2.45, 2.75) is 20.0 Å². The molecule has 0 aliphatic rings. The number of para-hydroxylation sites is 1. The molecule has 3 rings (SSSR count). The molecule has 0 saturated heterocycles. The Labute approximate surface area is 146 Å². The van der Waals surface area contributed by atoms with E-state index >= 15 is 0 Å². The second-order valence-corrected chi connectivity index (χ2v) is 5.88. The zero-order chi connectivity index (χ0) is 17.8. The molecule has 0 bridgehead atoms. The van der Waals surface area contributed by atoms with E-state index in [0.717, 1.165) is 16.3 Å². The van der Waals surface area contributed by atoms with Crippen LogP contribution in [0.25, 0.3) is 10.8 Å². The number of hydrogen-bond donors (Lipinski definition) is 1. The molecule has 0 aromatic heterocycles. The number of carbonyl (C=O) groups is 2. The summed E-state index contributed by atoms with van der Waals surface area (Å²) in [6, 6.07) is 20.5. The molecule has 3 aromatic rings. The third-order valence-electron chi connectivity index (χ3n) is 4.07. The Hall–Kier alpha value is -3.14. The fourth-order valence-electron chi connectivity index (χ4n) is 2.63. The van der Waals surface area contributed by atoms with E-state index in [1.54, 1.807) is 19.1 Å². The highest BCUT2D eigenvalue weighted by molar-refractivity contribution is 6.05. The molecule has 0 heterocycles. The highest BCUT2D eigenvalue weighted by atomic mass is 16.5. The molecule has 25 heavy (non-hydrogen) atoms. The first-order valence-corrected chi connectivity index (χ1v) is 8.11. The molecular weight excluding hydrogens is 314 g/mol. The number of aryl methyl sites for hydroxylation is 1. The van der Waals surface area contributed by atoms with Crippen molar-refractivity contribution in [1.29, 1.82) is 0 Å². The lowest BCUT2D eigenvalue weighted by Gasteiger charge is -2.15. The molecule has 3 aromatic carbocycles. The minimum Gasteiger partial charge on any atom is -0.449 e. The molecule has 0 aliphatic carbocycles. The van der Waals surface area contributed by atoms with Crippen LogP contribution in [0.4, 0.5) is 5.69 Å². The Morgan fingerprint density at radius 1 is 0.920 bits per heavy atom. The number of benzene rings is 3. The maximum absolute atomic E-state index is 12.5. The number of anilines is 1. The molecule has 1 unspecified atom stereocenters. The summed E-state index contributed by atoms with van der Waals surface area (Å²) in [6.45, 7) is 3.47. The predicted molar refractivity (Wildman–Crippen MR) is 98.6 cm³/mol. The molecule has 0 fully saturated rings. The van der Waals surface area contributed by atoms with Gasteiger partial charge < -0.3 is 10.1 Å².